The van der Waals surface area contributed by atoms with E-state index in [-0.39, 0.29) is 0 Å². The molecular weight excluding hydrogens is 393 g/mol. The fourth-order valence-electron chi connectivity index (χ4n) is 2.69. The van der Waals surface area contributed by atoms with E-state index in [0.29, 0.717) is 32.0 Å². The second kappa shape index (κ2) is 9.15. The van der Waals surface area contributed by atoms with E-state index >= 15 is 0 Å². The highest BCUT2D eigenvalue weighted by Gasteiger charge is 2.31. The Kier molecular flexibility index (Phi) is 7.10. The molecule has 0 radical (unpaired) electrons. The van der Waals surface area contributed by atoms with Crippen LogP contribution in [0, 0.1) is 23.4 Å². The molecule has 0 bridgehead atoms. The molecule has 0 spiro atoms. The molecule has 0 atom stereocenters. The summed E-state index contributed by atoms with van der Waals surface area (Å²) in [6.07, 6.45) is 0.229. The van der Waals surface area contributed by atoms with E-state index in [1.165, 1.54) is 4.90 Å². The van der Waals surface area contributed by atoms with Gasteiger partial charge in [-0.3, -0.25) is 9.59 Å². The number of halogens is 3. The van der Waals surface area contributed by atoms with Crippen LogP contribution in [0.5, 0.6) is 0 Å². The predicted molar refractivity (Wildman–Crippen MR) is 96.4 cm³/mol. The van der Waals surface area contributed by atoms with Crippen molar-refractivity contribution in [1.82, 2.24) is 4.90 Å². The lowest BCUT2D eigenvalue weighted by Gasteiger charge is -2.32. The van der Waals surface area contributed by atoms with Crippen LogP contribution in [0.1, 0.15) is 33.6 Å². The second-order valence-electron chi connectivity index (χ2n) is 7.62. The normalized spacial score (nSPS) is 15.0. The van der Waals surface area contributed by atoms with Gasteiger partial charge in [-0.25, -0.2) is 18.0 Å². The van der Waals surface area contributed by atoms with Gasteiger partial charge in [0, 0.05) is 13.1 Å². The van der Waals surface area contributed by atoms with Crippen LogP contribution in [0.25, 0.3) is 0 Å². The number of amides is 2. The number of hydrogen-bond acceptors (Lipinski definition) is 5. The SMILES string of the molecule is CC(C)(C)OC(=O)N1CCC(C(=O)OCC(=O)Nc2ccc(F)c(F)c2F)CC1. The van der Waals surface area contributed by atoms with Gasteiger partial charge in [0.15, 0.2) is 24.1 Å². The Morgan fingerprint density at radius 2 is 1.72 bits per heavy atom. The van der Waals surface area contributed by atoms with Gasteiger partial charge in [0.1, 0.15) is 5.60 Å². The summed E-state index contributed by atoms with van der Waals surface area (Å²) in [5, 5.41) is 2.01. The monoisotopic (exact) mass is 416 g/mol. The minimum absolute atomic E-state index is 0.306. The molecule has 1 saturated heterocycles. The molecule has 1 heterocycles. The Balaban J connectivity index is 1.78. The minimum Gasteiger partial charge on any atom is -0.455 e. The first-order chi connectivity index (χ1) is 13.5. The van der Waals surface area contributed by atoms with Crippen molar-refractivity contribution in [2.24, 2.45) is 5.92 Å². The molecular formula is C19H23F3N2O5. The van der Waals surface area contributed by atoms with Crippen LogP contribution in [0.2, 0.25) is 0 Å². The summed E-state index contributed by atoms with van der Waals surface area (Å²) in [6.45, 7) is 5.18. The van der Waals surface area contributed by atoms with E-state index in [1.54, 1.807) is 20.8 Å². The summed E-state index contributed by atoms with van der Waals surface area (Å²) in [5.41, 5.74) is -1.18. The Morgan fingerprint density at radius 3 is 2.31 bits per heavy atom. The summed E-state index contributed by atoms with van der Waals surface area (Å²) < 4.78 is 49.8. The van der Waals surface area contributed by atoms with Crippen molar-refractivity contribution in [1.29, 1.82) is 0 Å². The van der Waals surface area contributed by atoms with Crippen LogP contribution in [-0.4, -0.2) is 48.2 Å². The van der Waals surface area contributed by atoms with E-state index in [9.17, 15) is 27.6 Å². The third-order valence-electron chi connectivity index (χ3n) is 4.13. The number of nitrogens with zero attached hydrogens (tertiary/aromatic N) is 1. The zero-order valence-corrected chi connectivity index (χ0v) is 16.4. The number of ether oxygens (including phenoxy) is 2. The van der Waals surface area contributed by atoms with Crippen LogP contribution < -0.4 is 5.32 Å². The highest BCUT2D eigenvalue weighted by molar-refractivity contribution is 5.93. The number of carbonyl (C=O) groups is 3. The first-order valence-electron chi connectivity index (χ1n) is 9.06. The maximum Gasteiger partial charge on any atom is 0.410 e. The number of carbonyl (C=O) groups excluding carboxylic acids is 3. The molecule has 0 unspecified atom stereocenters. The number of likely N-dealkylation sites (tertiary alicyclic amines) is 1. The van der Waals surface area contributed by atoms with Crippen molar-refractivity contribution in [2.75, 3.05) is 25.0 Å². The van der Waals surface area contributed by atoms with Gasteiger partial charge >= 0.3 is 12.1 Å². The number of benzene rings is 1. The van der Waals surface area contributed by atoms with Gasteiger partial charge in [-0.05, 0) is 45.7 Å². The minimum atomic E-state index is -1.71. The molecule has 1 aliphatic heterocycles. The molecule has 160 valence electrons. The molecule has 1 N–H and O–H groups in total. The molecule has 7 nitrogen and oxygen atoms in total. The summed E-state index contributed by atoms with van der Waals surface area (Å²) in [5.74, 6) is -6.66. The smallest absolute Gasteiger partial charge is 0.410 e. The van der Waals surface area contributed by atoms with E-state index in [4.69, 9.17) is 9.47 Å². The number of piperidine rings is 1. The fourth-order valence-corrected chi connectivity index (χ4v) is 2.69. The third kappa shape index (κ3) is 6.37. The zero-order valence-electron chi connectivity index (χ0n) is 16.4. The lowest BCUT2D eigenvalue weighted by atomic mass is 9.97. The molecule has 2 rings (SSSR count). The average molecular weight is 416 g/mol. The van der Waals surface area contributed by atoms with Gasteiger partial charge in [0.05, 0.1) is 11.6 Å². The van der Waals surface area contributed by atoms with Gasteiger partial charge in [0.2, 0.25) is 0 Å². The molecule has 2 amide bonds. The molecule has 0 aromatic heterocycles. The maximum atomic E-state index is 13.5. The summed E-state index contributed by atoms with van der Waals surface area (Å²) in [7, 11) is 0. The van der Waals surface area contributed by atoms with Gasteiger partial charge in [-0.15, -0.1) is 0 Å². The van der Waals surface area contributed by atoms with Crippen LogP contribution >= 0.6 is 0 Å². The summed E-state index contributed by atoms with van der Waals surface area (Å²) >= 11 is 0. The maximum absolute atomic E-state index is 13.5. The van der Waals surface area contributed by atoms with Crippen molar-refractivity contribution >= 4 is 23.7 Å². The van der Waals surface area contributed by atoms with E-state index in [1.807, 2.05) is 5.32 Å². The first kappa shape index (κ1) is 22.5. The Labute approximate surface area is 166 Å². The van der Waals surface area contributed by atoms with Crippen molar-refractivity contribution in [3.63, 3.8) is 0 Å². The van der Waals surface area contributed by atoms with E-state index in [0.717, 1.165) is 6.07 Å². The van der Waals surface area contributed by atoms with E-state index in [2.05, 4.69) is 0 Å². The summed E-state index contributed by atoms with van der Waals surface area (Å²) in [4.78, 5) is 37.4. The lowest BCUT2D eigenvalue weighted by molar-refractivity contribution is -0.153. The average Bonchev–Trinajstić information content (AvgIpc) is 2.65. The van der Waals surface area contributed by atoms with Crippen LogP contribution in [0.4, 0.5) is 23.7 Å². The van der Waals surface area contributed by atoms with Crippen molar-refractivity contribution in [3.05, 3.63) is 29.6 Å². The number of esters is 1. The highest BCUT2D eigenvalue weighted by atomic mass is 19.2. The van der Waals surface area contributed by atoms with Gasteiger partial charge in [-0.1, -0.05) is 0 Å². The molecule has 0 saturated carbocycles. The van der Waals surface area contributed by atoms with Crippen molar-refractivity contribution in [2.45, 2.75) is 39.2 Å². The van der Waals surface area contributed by atoms with Crippen LogP contribution in [-0.2, 0) is 19.1 Å². The number of hydrogen-bond donors (Lipinski definition) is 1. The predicted octanol–water partition coefficient (Wildman–Crippen LogP) is 3.23. The highest BCUT2D eigenvalue weighted by Crippen LogP contribution is 2.22. The van der Waals surface area contributed by atoms with Gasteiger partial charge < -0.3 is 19.7 Å². The quantitative estimate of drug-likeness (QED) is 0.602. The molecule has 0 aliphatic carbocycles. The third-order valence-corrected chi connectivity index (χ3v) is 4.13. The van der Waals surface area contributed by atoms with Crippen LogP contribution in [0.3, 0.4) is 0 Å². The van der Waals surface area contributed by atoms with Gasteiger partial charge in [-0.2, -0.15) is 0 Å². The topological polar surface area (TPSA) is 84.9 Å². The largest absolute Gasteiger partial charge is 0.455 e. The standard InChI is InChI=1S/C19H23F3N2O5/c1-19(2,3)29-18(27)24-8-6-11(7-9-24)17(26)28-10-14(25)23-13-5-4-12(20)15(21)16(13)22/h4-5,11H,6-10H2,1-3H3,(H,23,25). The Bertz CT molecular complexity index is 787. The number of nitrogens with one attached hydrogen (secondary N) is 1. The van der Waals surface area contributed by atoms with Gasteiger partial charge in [0.25, 0.3) is 5.91 Å². The second-order valence-corrected chi connectivity index (χ2v) is 7.62. The molecule has 1 aromatic carbocycles. The Hall–Kier alpha value is -2.78. The molecule has 1 aliphatic rings. The Morgan fingerprint density at radius 1 is 1.10 bits per heavy atom. The summed E-state index contributed by atoms with van der Waals surface area (Å²) in [6, 6.07) is 1.53. The molecule has 10 heteroatoms. The molecule has 1 fully saturated rings. The first-order valence-corrected chi connectivity index (χ1v) is 9.06. The molecule has 29 heavy (non-hydrogen) atoms. The van der Waals surface area contributed by atoms with Crippen molar-refractivity contribution in [3.8, 4) is 0 Å². The van der Waals surface area contributed by atoms with Crippen LogP contribution in [0.15, 0.2) is 12.1 Å². The zero-order chi connectivity index (χ0) is 21.8. The number of rotatable bonds is 4. The van der Waals surface area contributed by atoms with Crippen molar-refractivity contribution < 1.29 is 37.0 Å². The fraction of sp³-hybridized carbons (Fsp3) is 0.526. The molecule has 1 aromatic rings. The van der Waals surface area contributed by atoms with E-state index < -0.39 is 59.2 Å². The lowest BCUT2D eigenvalue weighted by Crippen LogP contribution is -2.43. The number of anilines is 1.